The molecule has 0 aliphatic heterocycles. The first-order chi connectivity index (χ1) is 12.7. The highest BCUT2D eigenvalue weighted by Gasteiger charge is 2.32. The summed E-state index contributed by atoms with van der Waals surface area (Å²) >= 11 is 6.49. The zero-order valence-corrected chi connectivity index (χ0v) is 16.5. The minimum Gasteiger partial charge on any atom is -0.479 e. The summed E-state index contributed by atoms with van der Waals surface area (Å²) in [6.45, 7) is 7.32. The number of carboxylic acids is 1. The number of nitrogens with zero attached hydrogens (tertiary/aromatic N) is 1. The predicted octanol–water partition coefficient (Wildman–Crippen LogP) is 5.80. The second-order valence-corrected chi connectivity index (χ2v) is 7.84. The van der Waals surface area contributed by atoms with Crippen LogP contribution in [0, 0.1) is 6.92 Å². The van der Waals surface area contributed by atoms with Gasteiger partial charge in [-0.2, -0.15) is 0 Å². The van der Waals surface area contributed by atoms with Gasteiger partial charge in [0.2, 0.25) is 0 Å². The number of aryl methyl sites for hydroxylation is 1. The lowest BCUT2D eigenvalue weighted by Gasteiger charge is -2.28. The molecule has 3 aromatic rings. The first-order valence-electron chi connectivity index (χ1n) is 8.74. The molecular formula is C22H22ClNO3. The number of para-hydroxylation sites is 1. The third-order valence-electron chi connectivity index (χ3n) is 4.22. The van der Waals surface area contributed by atoms with Crippen molar-refractivity contribution in [3.05, 3.63) is 64.8 Å². The van der Waals surface area contributed by atoms with Crippen LogP contribution in [0.25, 0.3) is 22.0 Å². The van der Waals surface area contributed by atoms with E-state index >= 15 is 0 Å². The Kier molecular flexibility index (Phi) is 5.22. The second-order valence-electron chi connectivity index (χ2n) is 7.43. The van der Waals surface area contributed by atoms with E-state index in [2.05, 4.69) is 4.98 Å². The number of aromatic nitrogens is 1. The molecule has 1 heterocycles. The smallest absolute Gasteiger partial charge is 0.337 e. The highest BCUT2D eigenvalue weighted by atomic mass is 35.5. The van der Waals surface area contributed by atoms with Gasteiger partial charge >= 0.3 is 5.97 Å². The van der Waals surface area contributed by atoms with Gasteiger partial charge in [0.25, 0.3) is 0 Å². The minimum absolute atomic E-state index is 0.532. The van der Waals surface area contributed by atoms with E-state index in [-0.39, 0.29) is 0 Å². The summed E-state index contributed by atoms with van der Waals surface area (Å²) in [6, 6.07) is 15.1. The number of hydrogen-bond donors (Lipinski definition) is 1. The van der Waals surface area contributed by atoms with Crippen molar-refractivity contribution in [3.63, 3.8) is 0 Å². The average Bonchev–Trinajstić information content (AvgIpc) is 2.58. The molecule has 0 radical (unpaired) electrons. The molecule has 0 saturated carbocycles. The lowest BCUT2D eigenvalue weighted by Crippen LogP contribution is -2.28. The second kappa shape index (κ2) is 7.29. The van der Waals surface area contributed by atoms with Crippen LogP contribution in [0.5, 0.6) is 0 Å². The minimum atomic E-state index is -1.16. The van der Waals surface area contributed by atoms with Crippen molar-refractivity contribution < 1.29 is 14.6 Å². The van der Waals surface area contributed by atoms with Crippen LogP contribution in [-0.4, -0.2) is 21.7 Å². The quantitative estimate of drug-likeness (QED) is 0.618. The van der Waals surface area contributed by atoms with Crippen molar-refractivity contribution in [2.45, 2.75) is 39.4 Å². The van der Waals surface area contributed by atoms with E-state index in [0.29, 0.717) is 16.3 Å². The molecule has 4 nitrogen and oxygen atoms in total. The number of pyridine rings is 1. The number of rotatable bonds is 4. The van der Waals surface area contributed by atoms with Crippen molar-refractivity contribution in [1.82, 2.24) is 4.98 Å². The van der Waals surface area contributed by atoms with Crippen molar-refractivity contribution >= 4 is 28.5 Å². The summed E-state index contributed by atoms with van der Waals surface area (Å²) in [6.07, 6.45) is -1.16. The SMILES string of the molecule is Cc1nc2ccccc2c(-c2ccccc2Cl)c1C(OC(C)(C)C)C(=O)O. The van der Waals surface area contributed by atoms with Crippen LogP contribution in [0.2, 0.25) is 5.02 Å². The highest BCUT2D eigenvalue weighted by molar-refractivity contribution is 6.33. The molecule has 0 bridgehead atoms. The first kappa shape index (κ1) is 19.3. The molecule has 0 fully saturated rings. The maximum absolute atomic E-state index is 12.1. The van der Waals surface area contributed by atoms with E-state index in [1.54, 1.807) is 6.07 Å². The fourth-order valence-electron chi connectivity index (χ4n) is 3.21. The van der Waals surface area contributed by atoms with Gasteiger partial charge in [-0.1, -0.05) is 48.0 Å². The molecule has 3 rings (SSSR count). The molecule has 0 aliphatic rings. The van der Waals surface area contributed by atoms with Gasteiger partial charge in [-0.3, -0.25) is 4.98 Å². The van der Waals surface area contributed by atoms with E-state index < -0.39 is 17.7 Å². The topological polar surface area (TPSA) is 59.4 Å². The Morgan fingerprint density at radius 3 is 2.37 bits per heavy atom. The highest BCUT2D eigenvalue weighted by Crippen LogP contribution is 2.41. The van der Waals surface area contributed by atoms with Crippen LogP contribution < -0.4 is 0 Å². The molecule has 5 heteroatoms. The van der Waals surface area contributed by atoms with Gasteiger partial charge in [-0.05, 0) is 39.8 Å². The van der Waals surface area contributed by atoms with E-state index in [4.69, 9.17) is 16.3 Å². The summed E-state index contributed by atoms with van der Waals surface area (Å²) in [7, 11) is 0. The number of carboxylic acid groups (broad SMARTS) is 1. The Balaban J connectivity index is 2.41. The van der Waals surface area contributed by atoms with Gasteiger partial charge in [0.1, 0.15) is 0 Å². The Morgan fingerprint density at radius 1 is 1.11 bits per heavy atom. The monoisotopic (exact) mass is 383 g/mol. The number of ether oxygens (including phenoxy) is 1. The number of hydrogen-bond acceptors (Lipinski definition) is 3. The molecule has 1 N–H and O–H groups in total. The predicted molar refractivity (Wildman–Crippen MR) is 108 cm³/mol. The molecule has 1 atom stereocenters. The number of carbonyl (C=O) groups is 1. The molecule has 1 unspecified atom stereocenters. The van der Waals surface area contributed by atoms with E-state index in [1.807, 2.05) is 70.2 Å². The van der Waals surface area contributed by atoms with Crippen LogP contribution in [0.15, 0.2) is 48.5 Å². The van der Waals surface area contributed by atoms with Crippen molar-refractivity contribution in [2.24, 2.45) is 0 Å². The average molecular weight is 384 g/mol. The van der Waals surface area contributed by atoms with Crippen molar-refractivity contribution in [2.75, 3.05) is 0 Å². The summed E-state index contributed by atoms with van der Waals surface area (Å²) in [4.78, 5) is 16.8. The van der Waals surface area contributed by atoms with E-state index in [9.17, 15) is 9.90 Å². The standard InChI is InChI=1S/C22H22ClNO3/c1-13-18(20(21(25)26)27-22(2,3)4)19(14-9-5-7-11-16(14)23)15-10-6-8-12-17(15)24-13/h5-12,20H,1-4H3,(H,25,26). The van der Waals surface area contributed by atoms with Gasteiger partial charge in [0.05, 0.1) is 11.1 Å². The summed E-state index contributed by atoms with van der Waals surface area (Å²) in [5.74, 6) is -1.06. The molecular weight excluding hydrogens is 362 g/mol. The lowest BCUT2D eigenvalue weighted by atomic mass is 9.91. The van der Waals surface area contributed by atoms with Crippen LogP contribution in [0.4, 0.5) is 0 Å². The maximum atomic E-state index is 12.1. The number of aliphatic carboxylic acids is 1. The normalized spacial score (nSPS) is 12.9. The van der Waals surface area contributed by atoms with Gasteiger partial charge in [0, 0.05) is 32.8 Å². The van der Waals surface area contributed by atoms with Gasteiger partial charge in [-0.15, -0.1) is 0 Å². The molecule has 1 aromatic heterocycles. The number of halogens is 1. The first-order valence-corrected chi connectivity index (χ1v) is 9.11. The fraction of sp³-hybridized carbons (Fsp3) is 0.273. The van der Waals surface area contributed by atoms with Crippen LogP contribution >= 0.6 is 11.6 Å². The van der Waals surface area contributed by atoms with Crippen LogP contribution in [0.3, 0.4) is 0 Å². The zero-order chi connectivity index (χ0) is 19.8. The summed E-state index contributed by atoms with van der Waals surface area (Å²) in [5, 5.41) is 11.3. The zero-order valence-electron chi connectivity index (χ0n) is 15.8. The molecule has 0 saturated heterocycles. The van der Waals surface area contributed by atoms with Gasteiger partial charge < -0.3 is 9.84 Å². The summed E-state index contributed by atoms with van der Waals surface area (Å²) in [5.41, 5.74) is 2.80. The third-order valence-corrected chi connectivity index (χ3v) is 4.55. The Morgan fingerprint density at radius 2 is 1.74 bits per heavy atom. The van der Waals surface area contributed by atoms with Crippen LogP contribution in [0.1, 0.15) is 38.1 Å². The molecule has 2 aromatic carbocycles. The summed E-state index contributed by atoms with van der Waals surface area (Å²) < 4.78 is 5.93. The molecule has 0 spiro atoms. The van der Waals surface area contributed by atoms with Gasteiger partial charge in [0.15, 0.2) is 6.10 Å². The fourth-order valence-corrected chi connectivity index (χ4v) is 3.44. The van der Waals surface area contributed by atoms with Crippen molar-refractivity contribution in [3.8, 4) is 11.1 Å². The molecule has 0 amide bonds. The van der Waals surface area contributed by atoms with Crippen LogP contribution in [-0.2, 0) is 9.53 Å². The van der Waals surface area contributed by atoms with E-state index in [1.165, 1.54) is 0 Å². The molecule has 27 heavy (non-hydrogen) atoms. The van der Waals surface area contributed by atoms with Crippen molar-refractivity contribution in [1.29, 1.82) is 0 Å². The third kappa shape index (κ3) is 3.97. The molecule has 0 aliphatic carbocycles. The Hall–Kier alpha value is -2.43. The number of benzene rings is 2. The molecule has 140 valence electrons. The Bertz CT molecular complexity index is 1010. The maximum Gasteiger partial charge on any atom is 0.337 e. The lowest BCUT2D eigenvalue weighted by molar-refractivity contribution is -0.160. The van der Waals surface area contributed by atoms with Gasteiger partial charge in [-0.25, -0.2) is 4.79 Å². The largest absolute Gasteiger partial charge is 0.479 e. The van der Waals surface area contributed by atoms with E-state index in [0.717, 1.165) is 22.0 Å². The Labute approximate surface area is 163 Å². The number of fused-ring (bicyclic) bond motifs is 1.